The summed E-state index contributed by atoms with van der Waals surface area (Å²) in [6, 6.07) is 1.67. The summed E-state index contributed by atoms with van der Waals surface area (Å²) >= 11 is 0. The second-order valence-electron chi connectivity index (χ2n) is 5.51. The third kappa shape index (κ3) is 4.46. The molecule has 1 aromatic heterocycles. The van der Waals surface area contributed by atoms with Gasteiger partial charge < -0.3 is 11.1 Å². The summed E-state index contributed by atoms with van der Waals surface area (Å²) < 4.78 is 1.53. The smallest absolute Gasteiger partial charge is 0.241 e. The Morgan fingerprint density at radius 1 is 1.59 bits per heavy atom. The Labute approximate surface area is 102 Å². The van der Waals surface area contributed by atoms with Crippen LogP contribution in [0.2, 0.25) is 0 Å². The van der Waals surface area contributed by atoms with E-state index in [1.165, 1.54) is 4.68 Å². The van der Waals surface area contributed by atoms with E-state index in [1.807, 2.05) is 0 Å². The van der Waals surface area contributed by atoms with Gasteiger partial charge in [0.05, 0.1) is 0 Å². The molecule has 1 atom stereocenters. The summed E-state index contributed by atoms with van der Waals surface area (Å²) in [6.45, 7) is 9.52. The molecule has 0 fully saturated rings. The van der Waals surface area contributed by atoms with Crippen LogP contribution in [0.1, 0.15) is 27.7 Å². The van der Waals surface area contributed by atoms with E-state index in [-0.39, 0.29) is 17.9 Å². The molecule has 1 aromatic rings. The van der Waals surface area contributed by atoms with E-state index in [1.54, 1.807) is 12.3 Å². The Morgan fingerprint density at radius 3 is 2.71 bits per heavy atom. The molecule has 0 aliphatic heterocycles. The molecule has 96 valence electrons. The van der Waals surface area contributed by atoms with E-state index >= 15 is 0 Å². The van der Waals surface area contributed by atoms with E-state index in [0.29, 0.717) is 18.3 Å². The van der Waals surface area contributed by atoms with Crippen LogP contribution in [0.4, 0.5) is 5.82 Å². The number of aromatic nitrogens is 2. The highest BCUT2D eigenvalue weighted by Crippen LogP contribution is 2.24. The Hall–Kier alpha value is -1.52. The van der Waals surface area contributed by atoms with Gasteiger partial charge in [-0.1, -0.05) is 27.7 Å². The van der Waals surface area contributed by atoms with Crippen LogP contribution in [0, 0.1) is 11.3 Å². The summed E-state index contributed by atoms with van der Waals surface area (Å²) in [5.74, 6) is 0.819. The largest absolute Gasteiger partial charge is 0.382 e. The zero-order valence-electron chi connectivity index (χ0n) is 11.0. The third-order valence-electron chi connectivity index (χ3n) is 3.05. The molecule has 5 heteroatoms. The van der Waals surface area contributed by atoms with Crippen molar-refractivity contribution in [3.8, 4) is 0 Å². The second kappa shape index (κ2) is 5.21. The second-order valence-corrected chi connectivity index (χ2v) is 5.51. The minimum Gasteiger partial charge on any atom is -0.382 e. The molecule has 0 saturated heterocycles. The molecule has 5 nitrogen and oxygen atoms in total. The fraction of sp³-hybridized carbons (Fsp3) is 0.667. The topological polar surface area (TPSA) is 72.9 Å². The first kappa shape index (κ1) is 13.5. The first-order valence-electron chi connectivity index (χ1n) is 5.84. The number of carbonyl (C=O) groups is 1. The van der Waals surface area contributed by atoms with Crippen molar-refractivity contribution in [3.05, 3.63) is 12.3 Å². The van der Waals surface area contributed by atoms with Gasteiger partial charge in [-0.25, -0.2) is 0 Å². The summed E-state index contributed by atoms with van der Waals surface area (Å²) in [6.07, 6.45) is 1.70. The van der Waals surface area contributed by atoms with Crippen molar-refractivity contribution >= 4 is 11.7 Å². The number of hydrogen-bond donors (Lipinski definition) is 2. The van der Waals surface area contributed by atoms with Crippen LogP contribution in [-0.2, 0) is 11.3 Å². The molecule has 3 N–H and O–H groups in total. The fourth-order valence-corrected chi connectivity index (χ4v) is 1.24. The fourth-order valence-electron chi connectivity index (χ4n) is 1.24. The number of nitrogens with zero attached hydrogens (tertiary/aromatic N) is 2. The Morgan fingerprint density at radius 2 is 2.24 bits per heavy atom. The summed E-state index contributed by atoms with van der Waals surface area (Å²) in [5, 5.41) is 6.87. The van der Waals surface area contributed by atoms with Gasteiger partial charge in [0, 0.05) is 12.7 Å². The SMILES string of the molecule is CC(CNC(=O)Cn1ccc(N)n1)C(C)(C)C. The minimum atomic E-state index is -0.0378. The van der Waals surface area contributed by atoms with Crippen molar-refractivity contribution in [1.29, 1.82) is 0 Å². The van der Waals surface area contributed by atoms with Crippen LogP contribution in [0.3, 0.4) is 0 Å². The lowest BCUT2D eigenvalue weighted by atomic mass is 9.82. The molecule has 0 radical (unpaired) electrons. The number of amides is 1. The van der Waals surface area contributed by atoms with Crippen molar-refractivity contribution in [1.82, 2.24) is 15.1 Å². The van der Waals surface area contributed by atoms with Gasteiger partial charge in [0.25, 0.3) is 0 Å². The van der Waals surface area contributed by atoms with Crippen molar-refractivity contribution in [3.63, 3.8) is 0 Å². The summed E-state index contributed by atoms with van der Waals surface area (Å²) in [7, 11) is 0. The highest BCUT2D eigenvalue weighted by atomic mass is 16.2. The van der Waals surface area contributed by atoms with Gasteiger partial charge >= 0.3 is 0 Å². The van der Waals surface area contributed by atoms with Crippen LogP contribution in [-0.4, -0.2) is 22.2 Å². The number of carbonyl (C=O) groups excluding carboxylic acids is 1. The lowest BCUT2D eigenvalue weighted by Crippen LogP contribution is -2.35. The van der Waals surface area contributed by atoms with E-state index < -0.39 is 0 Å². The molecule has 0 saturated carbocycles. The molecule has 1 heterocycles. The summed E-state index contributed by atoms with van der Waals surface area (Å²) in [4.78, 5) is 11.6. The highest BCUT2D eigenvalue weighted by Gasteiger charge is 2.20. The predicted molar refractivity (Wildman–Crippen MR) is 68.3 cm³/mol. The third-order valence-corrected chi connectivity index (χ3v) is 3.05. The molecule has 1 rings (SSSR count). The van der Waals surface area contributed by atoms with Crippen molar-refractivity contribution < 1.29 is 4.79 Å². The number of nitrogens with one attached hydrogen (secondary N) is 1. The first-order chi connectivity index (χ1) is 7.79. The number of rotatable bonds is 4. The Kier molecular flexibility index (Phi) is 4.15. The Bertz CT molecular complexity index is 378. The number of nitrogen functional groups attached to an aromatic ring is 1. The molecule has 0 spiro atoms. The number of anilines is 1. The van der Waals surface area contributed by atoms with Gasteiger partial charge in [0.2, 0.25) is 5.91 Å². The summed E-state index contributed by atoms with van der Waals surface area (Å²) in [5.41, 5.74) is 5.67. The van der Waals surface area contributed by atoms with Crippen LogP contribution < -0.4 is 11.1 Å². The molecular weight excluding hydrogens is 216 g/mol. The van der Waals surface area contributed by atoms with Crippen molar-refractivity contribution in [2.75, 3.05) is 12.3 Å². The van der Waals surface area contributed by atoms with Gasteiger partial charge in [-0.15, -0.1) is 0 Å². The first-order valence-corrected chi connectivity index (χ1v) is 5.84. The average Bonchev–Trinajstić information content (AvgIpc) is 2.58. The van der Waals surface area contributed by atoms with Crippen LogP contribution in [0.15, 0.2) is 12.3 Å². The zero-order valence-corrected chi connectivity index (χ0v) is 11.0. The molecule has 1 amide bonds. The maximum absolute atomic E-state index is 11.6. The quantitative estimate of drug-likeness (QED) is 0.829. The van der Waals surface area contributed by atoms with Crippen LogP contribution in [0.5, 0.6) is 0 Å². The molecule has 1 unspecified atom stereocenters. The predicted octanol–water partition coefficient (Wildman–Crippen LogP) is 1.26. The molecule has 0 aromatic carbocycles. The average molecular weight is 238 g/mol. The zero-order chi connectivity index (χ0) is 13.1. The standard InChI is InChI=1S/C12H22N4O/c1-9(12(2,3)4)7-14-11(17)8-16-6-5-10(13)15-16/h5-6,9H,7-8H2,1-4H3,(H2,13,15)(H,14,17). The molecule has 0 aliphatic carbocycles. The van der Waals surface area contributed by atoms with Gasteiger partial charge in [-0.3, -0.25) is 9.48 Å². The Balaban J connectivity index is 2.36. The number of nitrogens with two attached hydrogens (primary N) is 1. The van der Waals surface area contributed by atoms with Crippen LogP contribution >= 0.6 is 0 Å². The maximum atomic E-state index is 11.6. The molecule has 17 heavy (non-hydrogen) atoms. The van der Waals surface area contributed by atoms with E-state index in [0.717, 1.165) is 0 Å². The lowest BCUT2D eigenvalue weighted by Gasteiger charge is -2.27. The van der Waals surface area contributed by atoms with Crippen molar-refractivity contribution in [2.24, 2.45) is 11.3 Å². The minimum absolute atomic E-state index is 0.0378. The van der Waals surface area contributed by atoms with E-state index in [9.17, 15) is 4.79 Å². The van der Waals surface area contributed by atoms with Gasteiger partial charge in [-0.05, 0) is 17.4 Å². The van der Waals surface area contributed by atoms with Gasteiger partial charge in [-0.2, -0.15) is 5.10 Å². The highest BCUT2D eigenvalue weighted by molar-refractivity contribution is 5.75. The number of hydrogen-bond acceptors (Lipinski definition) is 3. The molecule has 0 aliphatic rings. The van der Waals surface area contributed by atoms with Gasteiger partial charge in [0.1, 0.15) is 12.4 Å². The van der Waals surface area contributed by atoms with E-state index in [2.05, 4.69) is 38.1 Å². The normalized spacial score (nSPS) is 13.4. The van der Waals surface area contributed by atoms with Gasteiger partial charge in [0.15, 0.2) is 0 Å². The van der Waals surface area contributed by atoms with Crippen molar-refractivity contribution in [2.45, 2.75) is 34.2 Å². The maximum Gasteiger partial charge on any atom is 0.241 e. The lowest BCUT2D eigenvalue weighted by molar-refractivity contribution is -0.122. The van der Waals surface area contributed by atoms with E-state index in [4.69, 9.17) is 5.73 Å². The molecule has 0 bridgehead atoms. The van der Waals surface area contributed by atoms with Crippen LogP contribution in [0.25, 0.3) is 0 Å². The monoisotopic (exact) mass is 238 g/mol. The molecular formula is C12H22N4O.